The fourth-order valence-electron chi connectivity index (χ4n) is 2.91. The molecule has 0 bridgehead atoms. The first kappa shape index (κ1) is 14.2. The topological polar surface area (TPSA) is 26.3 Å². The second-order valence-electron chi connectivity index (χ2n) is 5.97. The highest BCUT2D eigenvalue weighted by Crippen LogP contribution is 2.44. The number of esters is 1. The molecular weight excluding hydrogens is 388 g/mol. The number of carbonyl (C=O) groups excluding carboxylic acids is 1. The van der Waals surface area contributed by atoms with Gasteiger partial charge in [-0.05, 0) is 40.9 Å². The summed E-state index contributed by atoms with van der Waals surface area (Å²) in [6.07, 6.45) is 0. The van der Waals surface area contributed by atoms with E-state index in [1.165, 1.54) is 18.4 Å². The third-order valence-corrected chi connectivity index (χ3v) is 5.73. The number of hydrogen-bond donors (Lipinski definition) is 0. The van der Waals surface area contributed by atoms with E-state index < -0.39 is 24.1 Å². The van der Waals surface area contributed by atoms with Crippen LogP contribution in [0.15, 0.2) is 84.8 Å². The highest BCUT2D eigenvalue weighted by molar-refractivity contribution is 7.19. The molecule has 1 heterocycles. The van der Waals surface area contributed by atoms with Crippen LogP contribution in [0, 0.1) is 0 Å². The molecule has 0 atom stereocenters. The minimum absolute atomic E-state index is 0.117. The van der Waals surface area contributed by atoms with Gasteiger partial charge >= 0.3 is 5.97 Å². The van der Waals surface area contributed by atoms with Gasteiger partial charge in [-0.1, -0.05) is 72.2 Å². The molecule has 0 saturated carbocycles. The summed E-state index contributed by atoms with van der Waals surface area (Å²) in [6.45, 7) is 0. The van der Waals surface area contributed by atoms with Gasteiger partial charge in [0.2, 0.25) is 0 Å². The first-order valence-electron chi connectivity index (χ1n) is 10.5. The van der Waals surface area contributed by atoms with E-state index in [2.05, 4.69) is 0 Å². The van der Waals surface area contributed by atoms with Crippen LogP contribution in [0.1, 0.15) is 15.8 Å². The number of carbonyl (C=O) groups is 1. The molecule has 28 heavy (non-hydrogen) atoms. The van der Waals surface area contributed by atoms with Crippen molar-refractivity contribution in [1.82, 2.24) is 0 Å². The Balaban J connectivity index is 2.09. The second kappa shape index (κ2) is 8.01. The Kier molecular flexibility index (Phi) is 4.05. The predicted octanol–water partition coefficient (Wildman–Crippen LogP) is 7.19. The van der Waals surface area contributed by atoms with Crippen molar-refractivity contribution in [2.45, 2.75) is 0 Å². The second-order valence-corrected chi connectivity index (χ2v) is 7.46. The van der Waals surface area contributed by atoms with E-state index in [0.29, 0.717) is 10.6 Å². The normalized spacial score (nSPS) is 12.6. The molecule has 0 aliphatic carbocycles. The number of methoxy groups -OCH3 is 1. The third kappa shape index (κ3) is 3.59. The average molecular weight is 409 g/mol. The summed E-state index contributed by atoms with van der Waals surface area (Å²) < 4.78 is 38.0. The molecule has 4 aromatic rings. The molecule has 4 heteroatoms. The number of halogens is 1. The number of rotatable bonds is 4. The van der Waals surface area contributed by atoms with Crippen LogP contribution >= 0.6 is 22.9 Å². The van der Waals surface area contributed by atoms with Crippen LogP contribution in [0.4, 0.5) is 0 Å². The van der Waals surface area contributed by atoms with Crippen LogP contribution in [0.25, 0.3) is 32.0 Å². The van der Waals surface area contributed by atoms with Gasteiger partial charge in [0.1, 0.15) is 0 Å². The lowest BCUT2D eigenvalue weighted by atomic mass is 9.97. The average Bonchev–Trinajstić information content (AvgIpc) is 3.25. The Morgan fingerprint density at radius 1 is 0.964 bits per heavy atom. The Morgan fingerprint density at radius 2 is 1.68 bits per heavy atom. The standard InChI is InChI=1S/C24H17ClO2S/c1-27-24(26)20-10-6-5-9-19(20)21-15-22(16-7-3-2-4-8-16)28-23(21)17-11-13-18(25)14-12-17/h2-15H,1H3/i5D,6D,9D,10D. The van der Waals surface area contributed by atoms with E-state index in [4.69, 9.17) is 21.8 Å². The summed E-state index contributed by atoms with van der Waals surface area (Å²) in [4.78, 5) is 14.3. The summed E-state index contributed by atoms with van der Waals surface area (Å²) in [5.74, 6) is -0.818. The van der Waals surface area contributed by atoms with Crippen molar-refractivity contribution in [3.63, 3.8) is 0 Å². The lowest BCUT2D eigenvalue weighted by Gasteiger charge is -2.09. The minimum atomic E-state index is -0.818. The molecule has 0 unspecified atom stereocenters. The Labute approximate surface area is 178 Å². The largest absolute Gasteiger partial charge is 0.465 e. The fraction of sp³-hybridized carbons (Fsp3) is 0.0417. The number of hydrogen-bond acceptors (Lipinski definition) is 3. The Bertz CT molecular complexity index is 1320. The molecule has 0 radical (unpaired) electrons. The smallest absolute Gasteiger partial charge is 0.338 e. The highest BCUT2D eigenvalue weighted by atomic mass is 35.5. The van der Waals surface area contributed by atoms with Gasteiger partial charge in [-0.15, -0.1) is 11.3 Å². The van der Waals surface area contributed by atoms with Gasteiger partial charge in [-0.2, -0.15) is 0 Å². The molecule has 1 aromatic heterocycles. The lowest BCUT2D eigenvalue weighted by molar-refractivity contribution is 0.0601. The molecule has 138 valence electrons. The van der Waals surface area contributed by atoms with Gasteiger partial charge in [0.15, 0.2) is 0 Å². The zero-order valence-electron chi connectivity index (χ0n) is 18.9. The van der Waals surface area contributed by atoms with E-state index in [-0.39, 0.29) is 17.2 Å². The van der Waals surface area contributed by atoms with Crippen molar-refractivity contribution in [3.05, 3.63) is 95.4 Å². The van der Waals surface area contributed by atoms with Crippen LogP contribution in [0.3, 0.4) is 0 Å². The lowest BCUT2D eigenvalue weighted by Crippen LogP contribution is -2.03. The van der Waals surface area contributed by atoms with Crippen molar-refractivity contribution in [3.8, 4) is 32.0 Å². The first-order valence-corrected chi connectivity index (χ1v) is 9.67. The van der Waals surface area contributed by atoms with Crippen molar-refractivity contribution in [2.75, 3.05) is 7.11 Å². The third-order valence-electron chi connectivity index (χ3n) is 4.24. The summed E-state index contributed by atoms with van der Waals surface area (Å²) in [7, 11) is 1.19. The highest BCUT2D eigenvalue weighted by Gasteiger charge is 2.19. The van der Waals surface area contributed by atoms with Crippen molar-refractivity contribution < 1.29 is 15.0 Å². The van der Waals surface area contributed by atoms with Crippen LogP contribution < -0.4 is 0 Å². The number of ether oxygens (including phenoxy) is 1. The predicted molar refractivity (Wildman–Crippen MR) is 117 cm³/mol. The molecular formula is C24H17ClO2S. The zero-order valence-corrected chi connectivity index (χ0v) is 16.4. The first-order chi connectivity index (χ1) is 15.3. The Morgan fingerprint density at radius 3 is 2.39 bits per heavy atom. The van der Waals surface area contributed by atoms with Gasteiger partial charge in [0, 0.05) is 20.3 Å². The maximum Gasteiger partial charge on any atom is 0.338 e. The minimum Gasteiger partial charge on any atom is -0.465 e. The van der Waals surface area contributed by atoms with Crippen LogP contribution in [-0.2, 0) is 4.74 Å². The molecule has 0 amide bonds. The molecule has 0 aliphatic heterocycles. The molecule has 0 saturated heterocycles. The van der Waals surface area contributed by atoms with Gasteiger partial charge in [-0.3, -0.25) is 0 Å². The van der Waals surface area contributed by atoms with Gasteiger partial charge < -0.3 is 4.74 Å². The van der Waals surface area contributed by atoms with Gasteiger partial charge in [-0.25, -0.2) is 4.79 Å². The van der Waals surface area contributed by atoms with E-state index in [0.717, 1.165) is 20.9 Å². The zero-order chi connectivity index (χ0) is 23.0. The molecule has 0 spiro atoms. The van der Waals surface area contributed by atoms with E-state index >= 15 is 0 Å². The van der Waals surface area contributed by atoms with E-state index in [1.54, 1.807) is 12.1 Å². The number of thiophene rings is 1. The monoisotopic (exact) mass is 408 g/mol. The SMILES string of the molecule is [2H]c1c([2H])c([2H])c(-c2cc(-c3ccccc3)sc2-c2ccc(Cl)cc2)c(C(=O)OC)c1[2H]. The quantitative estimate of drug-likeness (QED) is 0.334. The van der Waals surface area contributed by atoms with E-state index in [1.807, 2.05) is 48.5 Å². The fourth-order valence-corrected chi connectivity index (χ4v) is 4.21. The molecule has 0 aliphatic rings. The van der Waals surface area contributed by atoms with Gasteiger partial charge in [0.05, 0.1) is 18.2 Å². The summed E-state index contributed by atoms with van der Waals surface area (Å²) in [6, 6.07) is 17.1. The van der Waals surface area contributed by atoms with Crippen LogP contribution in [0.2, 0.25) is 5.02 Å². The van der Waals surface area contributed by atoms with E-state index in [9.17, 15) is 4.79 Å². The molecule has 0 N–H and O–H groups in total. The van der Waals surface area contributed by atoms with Crippen molar-refractivity contribution >= 4 is 28.9 Å². The number of benzene rings is 3. The summed E-state index contributed by atoms with van der Waals surface area (Å²) in [5, 5.41) is 0.576. The summed E-state index contributed by atoms with van der Waals surface area (Å²) >= 11 is 7.54. The molecule has 0 fully saturated rings. The maximum absolute atomic E-state index is 12.6. The molecule has 4 rings (SSSR count). The van der Waals surface area contributed by atoms with Gasteiger partial charge in [0.25, 0.3) is 0 Å². The van der Waals surface area contributed by atoms with Crippen LogP contribution in [-0.4, -0.2) is 13.1 Å². The van der Waals surface area contributed by atoms with Crippen molar-refractivity contribution in [2.24, 2.45) is 0 Å². The van der Waals surface area contributed by atoms with Crippen molar-refractivity contribution in [1.29, 1.82) is 0 Å². The molecule has 3 aromatic carbocycles. The van der Waals surface area contributed by atoms with Crippen LogP contribution in [0.5, 0.6) is 0 Å². The molecule has 2 nitrogen and oxygen atoms in total. The summed E-state index contributed by atoms with van der Waals surface area (Å²) in [5.41, 5.74) is 2.24. The maximum atomic E-state index is 12.6. The Hall–Kier alpha value is -2.88.